The van der Waals surface area contributed by atoms with E-state index in [4.69, 9.17) is 11.6 Å². The molecule has 0 amide bonds. The monoisotopic (exact) mass is 314 g/mol. The van der Waals surface area contributed by atoms with Crippen molar-refractivity contribution in [3.05, 3.63) is 70.7 Å². The third-order valence-corrected chi connectivity index (χ3v) is 5.08. The number of quaternary nitrogens is 1. The SMILES string of the molecule is Clc1ccc([C@H](CC[NH+]2CCCC2)Cc2ccccc2)cc1. The molecular weight excluding hydrogens is 290 g/mol. The molecule has 2 aromatic rings. The molecule has 0 aliphatic carbocycles. The highest BCUT2D eigenvalue weighted by molar-refractivity contribution is 6.30. The Labute approximate surface area is 138 Å². The molecular formula is C20H25ClN+. The third-order valence-electron chi connectivity index (χ3n) is 4.82. The van der Waals surface area contributed by atoms with Gasteiger partial charge in [-0.2, -0.15) is 0 Å². The number of hydrogen-bond donors (Lipinski definition) is 1. The van der Waals surface area contributed by atoms with Crippen molar-refractivity contribution in [2.75, 3.05) is 19.6 Å². The van der Waals surface area contributed by atoms with Gasteiger partial charge in [0.2, 0.25) is 0 Å². The van der Waals surface area contributed by atoms with Crippen molar-refractivity contribution in [3.8, 4) is 0 Å². The van der Waals surface area contributed by atoms with Gasteiger partial charge >= 0.3 is 0 Å². The van der Waals surface area contributed by atoms with Gasteiger partial charge in [-0.05, 0) is 35.6 Å². The van der Waals surface area contributed by atoms with Gasteiger partial charge in [-0.25, -0.2) is 0 Å². The molecule has 1 aliphatic heterocycles. The lowest BCUT2D eigenvalue weighted by Crippen LogP contribution is -3.10. The molecule has 3 rings (SSSR count). The second kappa shape index (κ2) is 7.80. The first kappa shape index (κ1) is 15.6. The first-order valence-corrected chi connectivity index (χ1v) is 8.82. The van der Waals surface area contributed by atoms with E-state index in [1.165, 1.54) is 50.0 Å². The smallest absolute Gasteiger partial charge is 0.0776 e. The van der Waals surface area contributed by atoms with Crippen LogP contribution in [0.25, 0.3) is 0 Å². The van der Waals surface area contributed by atoms with Crippen LogP contribution in [0, 0.1) is 0 Å². The molecule has 1 atom stereocenters. The molecule has 0 radical (unpaired) electrons. The van der Waals surface area contributed by atoms with E-state index in [2.05, 4.69) is 42.5 Å². The molecule has 1 nitrogen and oxygen atoms in total. The van der Waals surface area contributed by atoms with Crippen molar-refractivity contribution < 1.29 is 4.90 Å². The van der Waals surface area contributed by atoms with Crippen molar-refractivity contribution in [3.63, 3.8) is 0 Å². The Bertz CT molecular complexity index is 558. The third kappa shape index (κ3) is 4.34. The summed E-state index contributed by atoms with van der Waals surface area (Å²) in [6.07, 6.45) is 5.18. The van der Waals surface area contributed by atoms with E-state index in [1.807, 2.05) is 12.1 Å². The minimum atomic E-state index is 0.591. The first-order valence-electron chi connectivity index (χ1n) is 8.44. The Morgan fingerprint density at radius 2 is 1.59 bits per heavy atom. The maximum atomic E-state index is 6.05. The van der Waals surface area contributed by atoms with Crippen LogP contribution < -0.4 is 4.90 Å². The maximum absolute atomic E-state index is 6.05. The van der Waals surface area contributed by atoms with Crippen LogP contribution in [0.5, 0.6) is 0 Å². The molecule has 1 saturated heterocycles. The highest BCUT2D eigenvalue weighted by Gasteiger charge is 2.19. The van der Waals surface area contributed by atoms with E-state index in [0.29, 0.717) is 5.92 Å². The summed E-state index contributed by atoms with van der Waals surface area (Å²) in [4.78, 5) is 1.78. The zero-order chi connectivity index (χ0) is 15.2. The van der Waals surface area contributed by atoms with E-state index in [0.717, 1.165) is 11.4 Å². The van der Waals surface area contributed by atoms with Crippen LogP contribution in [0.2, 0.25) is 5.02 Å². The van der Waals surface area contributed by atoms with Gasteiger partial charge in [0.05, 0.1) is 19.6 Å². The van der Waals surface area contributed by atoms with E-state index in [1.54, 1.807) is 4.90 Å². The molecule has 0 unspecified atom stereocenters. The van der Waals surface area contributed by atoms with Gasteiger partial charge < -0.3 is 4.90 Å². The molecule has 2 heteroatoms. The zero-order valence-corrected chi connectivity index (χ0v) is 13.9. The van der Waals surface area contributed by atoms with Crippen molar-refractivity contribution in [1.82, 2.24) is 0 Å². The number of rotatable bonds is 6. The number of benzene rings is 2. The highest BCUT2D eigenvalue weighted by Crippen LogP contribution is 2.25. The summed E-state index contributed by atoms with van der Waals surface area (Å²) in [6, 6.07) is 19.3. The highest BCUT2D eigenvalue weighted by atomic mass is 35.5. The van der Waals surface area contributed by atoms with Crippen molar-refractivity contribution in [2.24, 2.45) is 0 Å². The fourth-order valence-corrected chi connectivity index (χ4v) is 3.65. The molecule has 1 aliphatic rings. The molecule has 0 aromatic heterocycles. The predicted octanol–water partition coefficient (Wildman–Crippen LogP) is 3.74. The molecule has 2 aromatic carbocycles. The second-order valence-corrected chi connectivity index (χ2v) is 6.87. The van der Waals surface area contributed by atoms with E-state index < -0.39 is 0 Å². The maximum Gasteiger partial charge on any atom is 0.0776 e. The second-order valence-electron chi connectivity index (χ2n) is 6.43. The summed E-state index contributed by atoms with van der Waals surface area (Å²) >= 11 is 6.05. The summed E-state index contributed by atoms with van der Waals surface area (Å²) in [7, 11) is 0. The lowest BCUT2D eigenvalue weighted by Gasteiger charge is -2.20. The molecule has 22 heavy (non-hydrogen) atoms. The summed E-state index contributed by atoms with van der Waals surface area (Å²) in [6.45, 7) is 4.01. The standard InChI is InChI=1S/C20H24ClN/c21-20-10-8-18(9-11-20)19(12-15-22-13-4-5-14-22)16-17-6-2-1-3-7-17/h1-3,6-11,19H,4-5,12-16H2/p+1/t19-/m1/s1. The quantitative estimate of drug-likeness (QED) is 0.828. The molecule has 1 heterocycles. The molecule has 1 fully saturated rings. The van der Waals surface area contributed by atoms with Crippen LogP contribution in [0.15, 0.2) is 54.6 Å². The lowest BCUT2D eigenvalue weighted by atomic mass is 9.89. The number of hydrogen-bond acceptors (Lipinski definition) is 0. The summed E-state index contributed by atoms with van der Waals surface area (Å²) in [5.74, 6) is 0.591. The minimum absolute atomic E-state index is 0.591. The van der Waals surface area contributed by atoms with Gasteiger partial charge in [-0.3, -0.25) is 0 Å². The minimum Gasteiger partial charge on any atom is -0.335 e. The van der Waals surface area contributed by atoms with Crippen molar-refractivity contribution in [2.45, 2.75) is 31.6 Å². The van der Waals surface area contributed by atoms with Gasteiger partial charge in [0, 0.05) is 24.3 Å². The van der Waals surface area contributed by atoms with E-state index >= 15 is 0 Å². The van der Waals surface area contributed by atoms with Gasteiger partial charge in [0.25, 0.3) is 0 Å². The molecule has 116 valence electrons. The Kier molecular flexibility index (Phi) is 5.53. The molecule has 0 bridgehead atoms. The normalized spacial score (nSPS) is 16.8. The van der Waals surface area contributed by atoms with Crippen LogP contribution >= 0.6 is 11.6 Å². The van der Waals surface area contributed by atoms with Crippen LogP contribution in [-0.4, -0.2) is 19.6 Å². The number of nitrogens with one attached hydrogen (secondary N) is 1. The van der Waals surface area contributed by atoms with E-state index in [-0.39, 0.29) is 0 Å². The average molecular weight is 315 g/mol. The largest absolute Gasteiger partial charge is 0.335 e. The van der Waals surface area contributed by atoms with E-state index in [9.17, 15) is 0 Å². The molecule has 1 N–H and O–H groups in total. The van der Waals surface area contributed by atoms with Crippen LogP contribution in [0.1, 0.15) is 36.3 Å². The number of likely N-dealkylation sites (tertiary alicyclic amines) is 1. The average Bonchev–Trinajstić information content (AvgIpc) is 3.07. The number of halogens is 1. The van der Waals surface area contributed by atoms with Crippen LogP contribution in [0.3, 0.4) is 0 Å². The lowest BCUT2D eigenvalue weighted by molar-refractivity contribution is -0.887. The fraction of sp³-hybridized carbons (Fsp3) is 0.400. The first-order chi connectivity index (χ1) is 10.8. The Balaban J connectivity index is 1.70. The van der Waals surface area contributed by atoms with Crippen LogP contribution in [-0.2, 0) is 6.42 Å². The van der Waals surface area contributed by atoms with Gasteiger partial charge in [-0.1, -0.05) is 54.1 Å². The zero-order valence-electron chi connectivity index (χ0n) is 13.1. The summed E-state index contributed by atoms with van der Waals surface area (Å²) in [5, 5.41) is 0.826. The van der Waals surface area contributed by atoms with Gasteiger partial charge in [0.15, 0.2) is 0 Å². The molecule has 0 saturated carbocycles. The van der Waals surface area contributed by atoms with Crippen LogP contribution in [0.4, 0.5) is 0 Å². The predicted molar refractivity (Wildman–Crippen MR) is 93.8 cm³/mol. The van der Waals surface area contributed by atoms with Gasteiger partial charge in [0.1, 0.15) is 0 Å². The Morgan fingerprint density at radius 1 is 0.909 bits per heavy atom. The fourth-order valence-electron chi connectivity index (χ4n) is 3.52. The topological polar surface area (TPSA) is 4.44 Å². The van der Waals surface area contributed by atoms with Gasteiger partial charge in [-0.15, -0.1) is 0 Å². The van der Waals surface area contributed by atoms with Crippen molar-refractivity contribution in [1.29, 1.82) is 0 Å². The Morgan fingerprint density at radius 3 is 2.27 bits per heavy atom. The Hall–Kier alpha value is -1.31. The molecule has 0 spiro atoms. The summed E-state index contributed by atoms with van der Waals surface area (Å²) < 4.78 is 0. The van der Waals surface area contributed by atoms with Crippen molar-refractivity contribution >= 4 is 11.6 Å². The summed E-state index contributed by atoms with van der Waals surface area (Å²) in [5.41, 5.74) is 2.85.